The van der Waals surface area contributed by atoms with E-state index in [9.17, 15) is 50.8 Å². The first-order valence-electron chi connectivity index (χ1n) is 9.03. The Labute approximate surface area is 253 Å². The van der Waals surface area contributed by atoms with Gasteiger partial charge in [0.1, 0.15) is 26.0 Å². The number of anilines is 1. The third kappa shape index (κ3) is 7.47. The first-order valence-corrected chi connectivity index (χ1v) is 11.8. The molecule has 18 heteroatoms. The Morgan fingerprint density at radius 3 is 1.89 bits per heavy atom. The Morgan fingerprint density at radius 2 is 1.41 bits per heavy atom. The molecule has 0 unspecified atom stereocenters. The maximum Gasteiger partial charge on any atom is 1.00 e. The number of benzene rings is 3. The minimum Gasteiger partial charge on any atom is -0.744 e. The summed E-state index contributed by atoms with van der Waals surface area (Å²) in [6.45, 7) is 0. The number of hydrogen-bond donors (Lipinski definition) is 2. The number of rotatable bonds is 6. The van der Waals surface area contributed by atoms with Crippen molar-refractivity contribution in [1.29, 1.82) is 0 Å². The Morgan fingerprint density at radius 1 is 0.892 bits per heavy atom. The van der Waals surface area contributed by atoms with Crippen LogP contribution in [0.2, 0.25) is 0 Å². The number of non-ortho nitro benzene ring substituents is 1. The van der Waals surface area contributed by atoms with Crippen LogP contribution in [0, 0.1) is 10.1 Å². The third-order valence-electron chi connectivity index (χ3n) is 4.61. The van der Waals surface area contributed by atoms with Gasteiger partial charge in [-0.2, -0.15) is 0 Å². The molecule has 37 heavy (non-hydrogen) atoms. The molecule has 0 fully saturated rings. The van der Waals surface area contributed by atoms with E-state index in [0.717, 1.165) is 25.3 Å². The number of nitrogens with one attached hydrogen (secondary N) is 1. The first kappa shape index (κ1) is 32.9. The summed E-state index contributed by atoms with van der Waals surface area (Å²) in [6, 6.07) is 5.15. The van der Waals surface area contributed by atoms with E-state index < -0.39 is 74.9 Å². The first-order chi connectivity index (χ1) is 16.1. The van der Waals surface area contributed by atoms with Gasteiger partial charge in [0, 0.05) is 23.1 Å². The zero-order valence-electron chi connectivity index (χ0n) is 19.2. The normalized spacial score (nSPS) is 11.1. The predicted molar refractivity (Wildman–Crippen MR) is 114 cm³/mol. The number of phenols is 1. The van der Waals surface area contributed by atoms with E-state index in [1.54, 1.807) is 0 Å². The van der Waals surface area contributed by atoms with E-state index in [0.29, 0.717) is 24.3 Å². The fourth-order valence-electron chi connectivity index (χ4n) is 3.10. The Balaban J connectivity index is 0.00000342. The van der Waals surface area contributed by atoms with Gasteiger partial charge in [0.05, 0.1) is 33.1 Å². The minimum atomic E-state index is -5.18. The largest absolute Gasteiger partial charge is 1.00 e. The van der Waals surface area contributed by atoms with Gasteiger partial charge in [0.15, 0.2) is 0 Å². The van der Waals surface area contributed by atoms with Gasteiger partial charge in [0.2, 0.25) is 0 Å². The zero-order chi connectivity index (χ0) is 26.3. The fraction of sp³-hybridized carbons (Fsp3) is 0.0526. The maximum absolute atomic E-state index is 12.9. The number of ether oxygens (including phenoxy) is 1. The average molecular weight is 570 g/mol. The molecule has 0 aliphatic heterocycles. The summed E-state index contributed by atoms with van der Waals surface area (Å²) >= 11 is 0. The van der Waals surface area contributed by atoms with Crippen LogP contribution in [-0.2, 0) is 25.0 Å². The van der Waals surface area contributed by atoms with Gasteiger partial charge < -0.3 is 24.3 Å². The summed E-state index contributed by atoms with van der Waals surface area (Å²) < 4.78 is 73.3. The summed E-state index contributed by atoms with van der Waals surface area (Å²) in [5.74, 6) is -3.01. The van der Waals surface area contributed by atoms with Crippen molar-refractivity contribution in [3.05, 3.63) is 63.7 Å². The number of nitro groups is 1. The molecular formula is C19H12N2Na2O12S2. The van der Waals surface area contributed by atoms with Crippen LogP contribution in [0.5, 0.6) is 5.75 Å². The van der Waals surface area contributed by atoms with E-state index in [-0.39, 0.29) is 70.1 Å². The molecular weight excluding hydrogens is 558 g/mol. The van der Waals surface area contributed by atoms with Crippen molar-refractivity contribution in [3.63, 3.8) is 0 Å². The molecule has 0 atom stereocenters. The molecule has 3 aromatic rings. The van der Waals surface area contributed by atoms with Crippen LogP contribution in [0.1, 0.15) is 20.7 Å². The summed E-state index contributed by atoms with van der Waals surface area (Å²) in [6.07, 6.45) is 0. The number of aromatic hydroxyl groups is 1. The topological polar surface area (TPSA) is 233 Å². The molecule has 3 rings (SSSR count). The molecule has 0 aromatic heterocycles. The second-order valence-corrected chi connectivity index (χ2v) is 9.65. The second kappa shape index (κ2) is 12.2. The molecule has 0 aliphatic carbocycles. The van der Waals surface area contributed by atoms with E-state index in [2.05, 4.69) is 10.1 Å². The van der Waals surface area contributed by atoms with Gasteiger partial charge in [-0.3, -0.25) is 14.9 Å². The molecule has 0 aliphatic rings. The van der Waals surface area contributed by atoms with Crippen LogP contribution in [0.3, 0.4) is 0 Å². The molecule has 2 N–H and O–H groups in total. The molecule has 0 bridgehead atoms. The number of amides is 1. The maximum atomic E-state index is 12.9. The number of hydrogen-bond acceptors (Lipinski definition) is 12. The SMILES string of the molecule is COC(=O)c1cc(C(=O)Nc2cc(S(=O)(=O)[O-])cc3cc(S(=O)(=O)[O-])cc(O)c23)cc([N+](=O)[O-])c1.[Na+].[Na+]. The van der Waals surface area contributed by atoms with Crippen molar-refractivity contribution < 1.29 is 109 Å². The van der Waals surface area contributed by atoms with Gasteiger partial charge in [-0.1, -0.05) is 0 Å². The van der Waals surface area contributed by atoms with Crippen LogP contribution in [-0.4, -0.2) is 55.0 Å². The fourth-order valence-corrected chi connectivity index (χ4v) is 4.16. The van der Waals surface area contributed by atoms with Crippen LogP contribution >= 0.6 is 0 Å². The van der Waals surface area contributed by atoms with Crippen LogP contribution in [0.15, 0.2) is 52.3 Å². The van der Waals surface area contributed by atoms with E-state index >= 15 is 0 Å². The molecule has 3 aromatic carbocycles. The molecule has 0 radical (unpaired) electrons. The number of nitro benzene ring substituents is 1. The molecule has 0 saturated heterocycles. The van der Waals surface area contributed by atoms with E-state index in [1.807, 2.05) is 0 Å². The van der Waals surface area contributed by atoms with E-state index in [4.69, 9.17) is 0 Å². The van der Waals surface area contributed by atoms with Crippen molar-refractivity contribution in [2.24, 2.45) is 0 Å². The van der Waals surface area contributed by atoms with Gasteiger partial charge in [-0.15, -0.1) is 0 Å². The van der Waals surface area contributed by atoms with Crippen molar-refractivity contribution in [3.8, 4) is 5.75 Å². The van der Waals surface area contributed by atoms with Gasteiger partial charge in [-0.25, -0.2) is 21.6 Å². The van der Waals surface area contributed by atoms with Crippen LogP contribution in [0.25, 0.3) is 10.8 Å². The summed E-state index contributed by atoms with van der Waals surface area (Å²) in [7, 11) is -9.28. The van der Waals surface area contributed by atoms with Crippen molar-refractivity contribution in [2.45, 2.75) is 9.79 Å². The van der Waals surface area contributed by atoms with Gasteiger partial charge in [0.25, 0.3) is 11.6 Å². The molecule has 1 amide bonds. The predicted octanol–water partition coefficient (Wildman–Crippen LogP) is -4.69. The van der Waals surface area contributed by atoms with Gasteiger partial charge in [-0.05, 0) is 35.7 Å². The Hall–Kier alpha value is -2.12. The van der Waals surface area contributed by atoms with Crippen molar-refractivity contribution in [2.75, 3.05) is 12.4 Å². The number of fused-ring (bicyclic) bond motifs is 1. The quantitative estimate of drug-likeness (QED) is 0.0936. The average Bonchev–Trinajstić information content (AvgIpc) is 2.76. The van der Waals surface area contributed by atoms with Crippen LogP contribution in [0.4, 0.5) is 11.4 Å². The monoisotopic (exact) mass is 570 g/mol. The zero-order valence-corrected chi connectivity index (χ0v) is 24.9. The number of carbonyl (C=O) groups excluding carboxylic acids is 2. The molecule has 14 nitrogen and oxygen atoms in total. The van der Waals surface area contributed by atoms with E-state index in [1.165, 1.54) is 0 Å². The Bertz CT molecular complexity index is 1640. The molecule has 0 heterocycles. The van der Waals surface area contributed by atoms with Crippen molar-refractivity contribution in [1.82, 2.24) is 0 Å². The number of esters is 1. The number of methoxy groups -OCH3 is 1. The summed E-state index contributed by atoms with van der Waals surface area (Å²) in [5, 5.41) is 22.9. The van der Waals surface area contributed by atoms with Crippen LogP contribution < -0.4 is 64.4 Å². The smallest absolute Gasteiger partial charge is 0.744 e. The van der Waals surface area contributed by atoms with Crippen molar-refractivity contribution >= 4 is 54.3 Å². The second-order valence-electron chi connectivity index (χ2n) is 6.89. The molecule has 184 valence electrons. The third-order valence-corrected chi connectivity index (χ3v) is 6.24. The minimum absolute atomic E-state index is 0. The Kier molecular flexibility index (Phi) is 10.8. The number of nitrogens with zero attached hydrogens (tertiary/aromatic N) is 1. The number of carbonyl (C=O) groups is 2. The number of phenolic OH excluding ortho intramolecular Hbond substituents is 1. The summed E-state index contributed by atoms with van der Waals surface area (Å²) in [4.78, 5) is 33.1. The van der Waals surface area contributed by atoms with Gasteiger partial charge >= 0.3 is 65.1 Å². The standard InChI is InChI=1S/C19H14N2O12S2.2Na/c1-33-19(24)11-2-10(3-12(4-11)21(25)26)18(23)20-15-7-13(34(27,28)29)5-9-6-14(35(30,31)32)8-16(22)17(9)15;;/h2-8,22H,1H3,(H,20,23)(H,27,28,29)(H,30,31,32);;/q;2*+1/p-2. The molecule has 0 saturated carbocycles. The molecule has 0 spiro atoms. The summed E-state index contributed by atoms with van der Waals surface area (Å²) in [5.41, 5.74) is -1.99.